The van der Waals surface area contributed by atoms with Crippen molar-refractivity contribution in [2.24, 2.45) is 0 Å². The summed E-state index contributed by atoms with van der Waals surface area (Å²) < 4.78 is 5.15. The number of aliphatic hydroxyl groups excluding tert-OH is 1. The Bertz CT molecular complexity index is 274. The fraction of sp³-hybridized carbons (Fsp3) is 0.333. The maximum atomic E-state index is 11.0. The Morgan fingerprint density at radius 2 is 2.58 bits per heavy atom. The molecule has 0 bridgehead atoms. The standard InChI is InChI=1S/C6H7NO3S2/c8-1-2-10-5(9)4-6(11)12-3-7-4/h3,8,11H,1-2H2. The van der Waals surface area contributed by atoms with Crippen LogP contribution in [0.3, 0.4) is 0 Å². The van der Waals surface area contributed by atoms with Crippen molar-refractivity contribution in [3.8, 4) is 0 Å². The second kappa shape index (κ2) is 4.44. The van der Waals surface area contributed by atoms with Crippen LogP contribution in [-0.2, 0) is 4.74 Å². The SMILES string of the molecule is O=C(OCCO)c1ncsc1S. The second-order valence-corrected chi connectivity index (χ2v) is 3.47. The van der Waals surface area contributed by atoms with Gasteiger partial charge in [0, 0.05) is 0 Å². The van der Waals surface area contributed by atoms with Crippen molar-refractivity contribution in [3.05, 3.63) is 11.2 Å². The number of hydrogen-bond acceptors (Lipinski definition) is 6. The number of aromatic nitrogens is 1. The number of carbonyl (C=O) groups is 1. The van der Waals surface area contributed by atoms with E-state index in [1.165, 1.54) is 16.8 Å². The molecule has 66 valence electrons. The van der Waals surface area contributed by atoms with Gasteiger partial charge < -0.3 is 9.84 Å². The van der Waals surface area contributed by atoms with Crippen molar-refractivity contribution in [1.82, 2.24) is 4.98 Å². The van der Waals surface area contributed by atoms with Crippen molar-refractivity contribution in [2.75, 3.05) is 13.2 Å². The normalized spacial score (nSPS) is 9.83. The molecule has 12 heavy (non-hydrogen) atoms. The molecule has 0 fully saturated rings. The van der Waals surface area contributed by atoms with Crippen molar-refractivity contribution in [1.29, 1.82) is 0 Å². The molecule has 0 saturated carbocycles. The van der Waals surface area contributed by atoms with Gasteiger partial charge in [0.25, 0.3) is 0 Å². The molecule has 0 aromatic carbocycles. The lowest BCUT2D eigenvalue weighted by atomic mass is 10.5. The number of thiol groups is 1. The van der Waals surface area contributed by atoms with Gasteiger partial charge in [0.1, 0.15) is 6.61 Å². The molecule has 1 N–H and O–H groups in total. The van der Waals surface area contributed by atoms with Crippen LogP contribution in [-0.4, -0.2) is 29.3 Å². The van der Waals surface area contributed by atoms with Gasteiger partial charge in [0.05, 0.1) is 16.3 Å². The van der Waals surface area contributed by atoms with Gasteiger partial charge in [0.15, 0.2) is 5.69 Å². The van der Waals surface area contributed by atoms with E-state index in [0.29, 0.717) is 4.21 Å². The maximum absolute atomic E-state index is 11.0. The summed E-state index contributed by atoms with van der Waals surface area (Å²) in [4.78, 5) is 14.8. The van der Waals surface area contributed by atoms with E-state index in [4.69, 9.17) is 5.11 Å². The molecule has 0 saturated heterocycles. The van der Waals surface area contributed by atoms with Gasteiger partial charge in [-0.2, -0.15) is 0 Å². The highest BCUT2D eigenvalue weighted by molar-refractivity contribution is 7.82. The van der Waals surface area contributed by atoms with Crippen LogP contribution in [0, 0.1) is 0 Å². The summed E-state index contributed by atoms with van der Waals surface area (Å²) >= 11 is 5.26. The Kier molecular flexibility index (Phi) is 3.51. The quantitative estimate of drug-likeness (QED) is 0.560. The summed E-state index contributed by atoms with van der Waals surface area (Å²) in [5.41, 5.74) is 1.72. The van der Waals surface area contributed by atoms with Crippen molar-refractivity contribution in [2.45, 2.75) is 4.21 Å². The number of nitrogens with zero attached hydrogens (tertiary/aromatic N) is 1. The number of thiazole rings is 1. The number of esters is 1. The van der Waals surface area contributed by atoms with Crippen LogP contribution in [0.4, 0.5) is 0 Å². The molecule has 0 unspecified atom stereocenters. The Morgan fingerprint density at radius 3 is 3.08 bits per heavy atom. The zero-order valence-corrected chi connectivity index (χ0v) is 7.77. The van der Waals surface area contributed by atoms with E-state index in [2.05, 4.69) is 22.3 Å². The molecule has 0 amide bonds. The third-order valence-electron chi connectivity index (χ3n) is 1.07. The fourth-order valence-electron chi connectivity index (χ4n) is 0.587. The van der Waals surface area contributed by atoms with Crippen LogP contribution in [0.15, 0.2) is 9.72 Å². The lowest BCUT2D eigenvalue weighted by Crippen LogP contribution is -2.09. The van der Waals surface area contributed by atoms with Crippen molar-refractivity contribution < 1.29 is 14.6 Å². The molecule has 0 aliphatic carbocycles. The van der Waals surface area contributed by atoms with E-state index in [-0.39, 0.29) is 18.9 Å². The number of rotatable bonds is 3. The van der Waals surface area contributed by atoms with Crippen molar-refractivity contribution in [3.63, 3.8) is 0 Å². The first-order chi connectivity index (χ1) is 5.75. The smallest absolute Gasteiger partial charge is 0.359 e. The summed E-state index contributed by atoms with van der Waals surface area (Å²) in [7, 11) is 0. The predicted octanol–water partition coefficient (Wildman–Crippen LogP) is 0.581. The average Bonchev–Trinajstić information content (AvgIpc) is 2.47. The molecule has 0 spiro atoms. The van der Waals surface area contributed by atoms with E-state index in [0.717, 1.165) is 0 Å². The zero-order valence-electron chi connectivity index (χ0n) is 6.06. The Balaban J connectivity index is 2.59. The van der Waals surface area contributed by atoms with E-state index < -0.39 is 5.97 Å². The Labute approximate surface area is 78.6 Å². The fourth-order valence-corrected chi connectivity index (χ4v) is 1.38. The summed E-state index contributed by atoms with van der Waals surface area (Å²) in [6.07, 6.45) is 0. The van der Waals surface area contributed by atoms with Gasteiger partial charge in [-0.05, 0) is 0 Å². The van der Waals surface area contributed by atoms with Crippen LogP contribution >= 0.6 is 24.0 Å². The van der Waals surface area contributed by atoms with Gasteiger partial charge in [-0.25, -0.2) is 9.78 Å². The maximum Gasteiger partial charge on any atom is 0.359 e. The highest BCUT2D eigenvalue weighted by atomic mass is 32.2. The molecular weight excluding hydrogens is 198 g/mol. The molecule has 6 heteroatoms. The molecule has 4 nitrogen and oxygen atoms in total. The molecule has 1 aromatic rings. The monoisotopic (exact) mass is 205 g/mol. The number of ether oxygens (including phenoxy) is 1. The predicted molar refractivity (Wildman–Crippen MR) is 46.7 cm³/mol. The summed E-state index contributed by atoms with van der Waals surface area (Å²) in [6, 6.07) is 0. The first kappa shape index (κ1) is 9.50. The summed E-state index contributed by atoms with van der Waals surface area (Å²) in [6.45, 7) is -0.193. The van der Waals surface area contributed by atoms with Gasteiger partial charge in [0.2, 0.25) is 0 Å². The molecule has 1 heterocycles. The van der Waals surface area contributed by atoms with E-state index in [1.54, 1.807) is 0 Å². The second-order valence-electron chi connectivity index (χ2n) is 1.87. The molecule has 0 atom stereocenters. The molecule has 0 aliphatic heterocycles. The largest absolute Gasteiger partial charge is 0.458 e. The highest BCUT2D eigenvalue weighted by Crippen LogP contribution is 2.17. The average molecular weight is 205 g/mol. The molecule has 0 radical (unpaired) electrons. The van der Waals surface area contributed by atoms with Crippen LogP contribution in [0.5, 0.6) is 0 Å². The van der Waals surface area contributed by atoms with Gasteiger partial charge >= 0.3 is 5.97 Å². The third-order valence-corrected chi connectivity index (χ3v) is 2.22. The topological polar surface area (TPSA) is 59.4 Å². The number of aliphatic hydroxyl groups is 1. The van der Waals surface area contributed by atoms with Crippen LogP contribution in [0.2, 0.25) is 0 Å². The Hall–Kier alpha value is -0.590. The van der Waals surface area contributed by atoms with Crippen LogP contribution < -0.4 is 0 Å². The first-order valence-electron chi connectivity index (χ1n) is 3.16. The lowest BCUT2D eigenvalue weighted by molar-refractivity contribution is 0.0424. The molecule has 1 aromatic heterocycles. The minimum absolute atomic E-state index is 0.0103. The molecule has 0 aliphatic rings. The minimum Gasteiger partial charge on any atom is -0.458 e. The highest BCUT2D eigenvalue weighted by Gasteiger charge is 2.13. The minimum atomic E-state index is -0.546. The third kappa shape index (κ3) is 2.20. The van der Waals surface area contributed by atoms with E-state index in [9.17, 15) is 4.79 Å². The zero-order chi connectivity index (χ0) is 8.97. The lowest BCUT2D eigenvalue weighted by Gasteiger charge is -1.99. The number of carbonyl (C=O) groups excluding carboxylic acids is 1. The Morgan fingerprint density at radius 1 is 1.83 bits per heavy atom. The van der Waals surface area contributed by atoms with Gasteiger partial charge in [-0.3, -0.25) is 0 Å². The van der Waals surface area contributed by atoms with Crippen molar-refractivity contribution >= 4 is 29.9 Å². The van der Waals surface area contributed by atoms with Crippen LogP contribution in [0.25, 0.3) is 0 Å². The van der Waals surface area contributed by atoms with Gasteiger partial charge in [-0.15, -0.1) is 24.0 Å². The molecular formula is C6H7NO3S2. The van der Waals surface area contributed by atoms with E-state index >= 15 is 0 Å². The first-order valence-corrected chi connectivity index (χ1v) is 4.49. The van der Waals surface area contributed by atoms with E-state index in [1.807, 2.05) is 0 Å². The molecule has 1 rings (SSSR count). The van der Waals surface area contributed by atoms with Crippen LogP contribution in [0.1, 0.15) is 10.5 Å². The summed E-state index contributed by atoms with van der Waals surface area (Å²) in [5, 5.41) is 8.37. The number of hydrogen-bond donors (Lipinski definition) is 2. The van der Waals surface area contributed by atoms with Gasteiger partial charge in [-0.1, -0.05) is 0 Å². The summed E-state index contributed by atoms with van der Waals surface area (Å²) in [5.74, 6) is -0.546.